The van der Waals surface area contributed by atoms with E-state index in [9.17, 15) is 22.8 Å². The highest BCUT2D eigenvalue weighted by Gasteiger charge is 2.25. The Labute approximate surface area is 199 Å². The first-order valence-electron chi connectivity index (χ1n) is 11.1. The van der Waals surface area contributed by atoms with E-state index in [1.54, 1.807) is 31.2 Å². The van der Waals surface area contributed by atoms with Crippen LogP contribution < -0.4 is 15.4 Å². The van der Waals surface area contributed by atoms with E-state index in [0.717, 1.165) is 31.2 Å². The summed E-state index contributed by atoms with van der Waals surface area (Å²) in [6.07, 6.45) is 2.53. The van der Waals surface area contributed by atoms with Gasteiger partial charge in [-0.1, -0.05) is 36.6 Å². The van der Waals surface area contributed by atoms with E-state index >= 15 is 0 Å². The summed E-state index contributed by atoms with van der Waals surface area (Å²) in [5.74, 6) is -1.66. The van der Waals surface area contributed by atoms with Gasteiger partial charge in [0.1, 0.15) is 0 Å². The first kappa shape index (κ1) is 25.2. The third-order valence-corrected chi connectivity index (χ3v) is 7.12. The van der Waals surface area contributed by atoms with Gasteiger partial charge in [0.2, 0.25) is 0 Å². The van der Waals surface area contributed by atoms with Crippen molar-refractivity contribution in [2.75, 3.05) is 4.72 Å². The highest BCUT2D eigenvalue weighted by molar-refractivity contribution is 7.92. The maximum absolute atomic E-state index is 12.9. The largest absolute Gasteiger partial charge is 0.449 e. The molecule has 34 heavy (non-hydrogen) atoms. The number of aryl methyl sites for hydroxylation is 2. The van der Waals surface area contributed by atoms with Crippen LogP contribution in [0.4, 0.5) is 10.5 Å². The van der Waals surface area contributed by atoms with Crippen LogP contribution in [0.25, 0.3) is 0 Å². The quantitative estimate of drug-likeness (QED) is 0.513. The third-order valence-electron chi connectivity index (χ3n) is 5.60. The van der Waals surface area contributed by atoms with Crippen molar-refractivity contribution in [3.8, 4) is 0 Å². The van der Waals surface area contributed by atoms with Crippen LogP contribution in [0.5, 0.6) is 0 Å². The van der Waals surface area contributed by atoms with Crippen LogP contribution in [0.3, 0.4) is 0 Å². The first-order chi connectivity index (χ1) is 16.0. The van der Waals surface area contributed by atoms with E-state index in [2.05, 4.69) is 15.4 Å². The Morgan fingerprint density at radius 2 is 1.65 bits per heavy atom. The Morgan fingerprint density at radius 1 is 1.00 bits per heavy atom. The van der Waals surface area contributed by atoms with Gasteiger partial charge < -0.3 is 10.1 Å². The molecule has 1 aliphatic rings. The van der Waals surface area contributed by atoms with E-state index in [1.807, 2.05) is 6.92 Å². The molecule has 10 heteroatoms. The van der Waals surface area contributed by atoms with Crippen molar-refractivity contribution in [1.29, 1.82) is 0 Å². The van der Waals surface area contributed by atoms with Crippen LogP contribution in [0, 0.1) is 13.8 Å². The zero-order valence-electron chi connectivity index (χ0n) is 19.4. The minimum atomic E-state index is -3.98. The van der Waals surface area contributed by atoms with E-state index in [4.69, 9.17) is 4.74 Å². The summed E-state index contributed by atoms with van der Waals surface area (Å²) in [6, 6.07) is 10.3. The van der Waals surface area contributed by atoms with Gasteiger partial charge >= 0.3 is 12.0 Å². The number of hydrogen-bond acceptors (Lipinski definition) is 6. The molecule has 0 bridgehead atoms. The second kappa shape index (κ2) is 10.7. The predicted molar refractivity (Wildman–Crippen MR) is 127 cm³/mol. The second-order valence-electron chi connectivity index (χ2n) is 8.44. The van der Waals surface area contributed by atoms with Crippen molar-refractivity contribution < 1.29 is 27.5 Å². The van der Waals surface area contributed by atoms with E-state index in [0.29, 0.717) is 11.3 Å². The average Bonchev–Trinajstić information content (AvgIpc) is 3.28. The molecule has 9 nitrogen and oxygen atoms in total. The maximum Gasteiger partial charge on any atom is 0.338 e. The van der Waals surface area contributed by atoms with Gasteiger partial charge in [-0.15, -0.1) is 0 Å². The van der Waals surface area contributed by atoms with Crippen LogP contribution in [0.2, 0.25) is 0 Å². The highest BCUT2D eigenvalue weighted by Crippen LogP contribution is 2.22. The number of anilines is 1. The lowest BCUT2D eigenvalue weighted by atomic mass is 10.1. The Morgan fingerprint density at radius 3 is 2.29 bits per heavy atom. The molecule has 0 heterocycles. The lowest BCUT2D eigenvalue weighted by molar-refractivity contribution is -0.127. The zero-order valence-corrected chi connectivity index (χ0v) is 20.2. The van der Waals surface area contributed by atoms with Gasteiger partial charge in [0.15, 0.2) is 6.10 Å². The van der Waals surface area contributed by atoms with Crippen molar-refractivity contribution in [3.05, 3.63) is 59.2 Å². The summed E-state index contributed by atoms with van der Waals surface area (Å²) in [5, 5.41) is 4.89. The van der Waals surface area contributed by atoms with Crippen molar-refractivity contribution in [1.82, 2.24) is 10.6 Å². The molecular formula is C24H29N3O6S. The van der Waals surface area contributed by atoms with Gasteiger partial charge in [-0.3, -0.25) is 14.8 Å². The summed E-state index contributed by atoms with van der Waals surface area (Å²) < 4.78 is 33.5. The molecule has 3 N–H and O–H groups in total. The molecule has 2 aromatic rings. The van der Waals surface area contributed by atoms with E-state index in [1.165, 1.54) is 25.1 Å². The lowest BCUT2D eigenvalue weighted by Gasteiger charge is -2.16. The van der Waals surface area contributed by atoms with Crippen molar-refractivity contribution in [2.45, 2.75) is 63.5 Å². The fourth-order valence-electron chi connectivity index (χ4n) is 3.64. The SMILES string of the molecule is Cc1ccc(NS(=O)(=O)c2cc(C(=O)OC(C)C(=O)NC(=O)NC3CCCC3)ccc2C)cc1. The number of esters is 1. The smallest absolute Gasteiger partial charge is 0.338 e. The van der Waals surface area contributed by atoms with Crippen molar-refractivity contribution >= 4 is 33.6 Å². The summed E-state index contributed by atoms with van der Waals surface area (Å²) in [7, 11) is -3.98. The van der Waals surface area contributed by atoms with Crippen LogP contribution in [-0.4, -0.2) is 38.5 Å². The fraction of sp³-hybridized carbons (Fsp3) is 0.375. The molecule has 0 radical (unpaired) electrons. The van der Waals surface area contributed by atoms with Gasteiger partial charge in [-0.05, 0) is 63.4 Å². The van der Waals surface area contributed by atoms with Crippen molar-refractivity contribution in [3.63, 3.8) is 0 Å². The molecule has 0 aliphatic heterocycles. The topological polar surface area (TPSA) is 131 Å². The van der Waals surface area contributed by atoms with Gasteiger partial charge in [0.25, 0.3) is 15.9 Å². The number of nitrogens with one attached hydrogen (secondary N) is 3. The van der Waals surface area contributed by atoms with Crippen LogP contribution >= 0.6 is 0 Å². The Kier molecular flexibility index (Phi) is 7.93. The number of hydrogen-bond donors (Lipinski definition) is 3. The standard InChI is InChI=1S/C24H29N3O6S/c1-15-8-12-20(13-9-15)27-34(31,32)21-14-18(11-10-16(21)2)23(29)33-17(3)22(28)26-24(30)25-19-6-4-5-7-19/h8-14,17,19,27H,4-7H2,1-3H3,(H2,25,26,28,30). The van der Waals surface area contributed by atoms with Crippen molar-refractivity contribution in [2.24, 2.45) is 0 Å². The molecule has 3 rings (SSSR count). The first-order valence-corrected chi connectivity index (χ1v) is 12.6. The second-order valence-corrected chi connectivity index (χ2v) is 10.1. The Hall–Kier alpha value is -3.40. The third kappa shape index (κ3) is 6.57. The molecule has 0 saturated heterocycles. The van der Waals surface area contributed by atoms with Gasteiger partial charge in [0.05, 0.1) is 10.5 Å². The number of benzene rings is 2. The summed E-state index contributed by atoms with van der Waals surface area (Å²) in [5.41, 5.74) is 1.77. The summed E-state index contributed by atoms with van der Waals surface area (Å²) in [6.45, 7) is 4.83. The maximum atomic E-state index is 12.9. The lowest BCUT2D eigenvalue weighted by Crippen LogP contribution is -2.47. The molecular weight excluding hydrogens is 458 g/mol. The molecule has 0 spiro atoms. The number of sulfonamides is 1. The molecule has 0 aromatic heterocycles. The monoisotopic (exact) mass is 487 g/mol. The number of urea groups is 1. The summed E-state index contributed by atoms with van der Waals surface area (Å²) >= 11 is 0. The molecule has 1 aliphatic carbocycles. The van der Waals surface area contributed by atoms with Gasteiger partial charge in [-0.2, -0.15) is 0 Å². The van der Waals surface area contributed by atoms with E-state index in [-0.39, 0.29) is 16.5 Å². The number of imide groups is 1. The van der Waals surface area contributed by atoms with E-state index < -0.39 is 34.0 Å². The molecule has 1 atom stereocenters. The molecule has 1 unspecified atom stereocenters. The molecule has 1 saturated carbocycles. The molecule has 2 aromatic carbocycles. The predicted octanol–water partition coefficient (Wildman–Crippen LogP) is 3.42. The summed E-state index contributed by atoms with van der Waals surface area (Å²) in [4.78, 5) is 36.7. The molecule has 182 valence electrons. The fourth-order valence-corrected chi connectivity index (χ4v) is 4.97. The minimum absolute atomic E-state index is 0.0344. The van der Waals surface area contributed by atoms with Crippen LogP contribution in [-0.2, 0) is 19.6 Å². The Balaban J connectivity index is 1.65. The zero-order chi connectivity index (χ0) is 24.9. The number of rotatable bonds is 7. The number of amides is 3. The van der Waals surface area contributed by atoms with Gasteiger partial charge in [-0.25, -0.2) is 18.0 Å². The average molecular weight is 488 g/mol. The highest BCUT2D eigenvalue weighted by atomic mass is 32.2. The van der Waals surface area contributed by atoms with Gasteiger partial charge in [0, 0.05) is 11.7 Å². The molecule has 1 fully saturated rings. The number of carbonyl (C=O) groups is 3. The molecule has 3 amide bonds. The Bertz CT molecular complexity index is 1170. The normalized spacial score (nSPS) is 14.8. The number of carbonyl (C=O) groups excluding carboxylic acids is 3. The van der Waals surface area contributed by atoms with Crippen LogP contribution in [0.1, 0.15) is 54.1 Å². The number of ether oxygens (including phenoxy) is 1. The minimum Gasteiger partial charge on any atom is -0.449 e. The van der Waals surface area contributed by atoms with Crippen LogP contribution in [0.15, 0.2) is 47.4 Å².